The van der Waals surface area contributed by atoms with Gasteiger partial charge in [-0.15, -0.1) is 0 Å². The lowest BCUT2D eigenvalue weighted by molar-refractivity contribution is -0.157. The van der Waals surface area contributed by atoms with E-state index in [9.17, 15) is 9.59 Å². The fraction of sp³-hybridized carbons (Fsp3) is 0.429. The summed E-state index contributed by atoms with van der Waals surface area (Å²) in [6.45, 7) is 4.54. The first-order chi connectivity index (χ1) is 9.16. The van der Waals surface area contributed by atoms with E-state index in [0.717, 1.165) is 4.47 Å². The van der Waals surface area contributed by atoms with Crippen molar-refractivity contribution in [3.63, 3.8) is 0 Å². The lowest BCUT2D eigenvalue weighted by Gasteiger charge is -2.33. The normalized spacial score (nSPS) is 12.7. The molecule has 0 aliphatic heterocycles. The highest BCUT2D eigenvalue weighted by Gasteiger charge is 2.37. The minimum Gasteiger partial charge on any atom is -0.481 e. The molecule has 0 saturated heterocycles. The third kappa shape index (κ3) is 3.72. The molecular formula is C14H18BrNO4. The summed E-state index contributed by atoms with van der Waals surface area (Å²) in [5.41, 5.74) is -1.28. The molecule has 1 aromatic rings. The molecule has 1 N–H and O–H groups in total. The van der Waals surface area contributed by atoms with Crippen molar-refractivity contribution >= 4 is 27.8 Å². The first kappa shape index (κ1) is 16.5. The van der Waals surface area contributed by atoms with E-state index in [4.69, 9.17) is 9.84 Å². The van der Waals surface area contributed by atoms with Crippen molar-refractivity contribution in [3.8, 4) is 5.75 Å². The van der Waals surface area contributed by atoms with Crippen LogP contribution < -0.4 is 4.74 Å². The summed E-state index contributed by atoms with van der Waals surface area (Å²) < 4.78 is 6.43. The predicted octanol–water partition coefficient (Wildman–Crippen LogP) is 2.54. The van der Waals surface area contributed by atoms with Gasteiger partial charge in [0.15, 0.2) is 6.10 Å². The van der Waals surface area contributed by atoms with Crippen molar-refractivity contribution in [2.24, 2.45) is 0 Å². The van der Waals surface area contributed by atoms with Gasteiger partial charge in [0.2, 0.25) is 0 Å². The van der Waals surface area contributed by atoms with Gasteiger partial charge in [-0.05, 0) is 45.0 Å². The molecule has 1 atom stereocenters. The Labute approximate surface area is 126 Å². The standard InChI is InChI=1S/C14H18BrNO4/c1-9(20-11-7-5-10(15)6-8-11)12(17)16(4)14(2,3)13(18)19/h5-9H,1-4H3,(H,18,19). The summed E-state index contributed by atoms with van der Waals surface area (Å²) in [7, 11) is 1.46. The summed E-state index contributed by atoms with van der Waals surface area (Å²) in [6, 6.07) is 7.07. The molecule has 0 spiro atoms. The average Bonchev–Trinajstić information content (AvgIpc) is 2.39. The van der Waals surface area contributed by atoms with Gasteiger partial charge < -0.3 is 14.7 Å². The highest BCUT2D eigenvalue weighted by atomic mass is 79.9. The highest BCUT2D eigenvalue weighted by Crippen LogP contribution is 2.19. The number of carbonyl (C=O) groups excluding carboxylic acids is 1. The molecule has 110 valence electrons. The molecule has 1 amide bonds. The van der Waals surface area contributed by atoms with Crippen molar-refractivity contribution in [3.05, 3.63) is 28.7 Å². The molecule has 6 heteroatoms. The number of rotatable bonds is 5. The van der Waals surface area contributed by atoms with Gasteiger partial charge in [0, 0.05) is 11.5 Å². The topological polar surface area (TPSA) is 66.8 Å². The maximum atomic E-state index is 12.2. The van der Waals surface area contributed by atoms with Gasteiger partial charge in [0.1, 0.15) is 11.3 Å². The first-order valence-electron chi connectivity index (χ1n) is 6.09. The lowest BCUT2D eigenvalue weighted by Crippen LogP contribution is -2.54. The number of halogens is 1. The molecule has 1 rings (SSSR count). The third-order valence-electron chi connectivity index (χ3n) is 3.17. The summed E-state index contributed by atoms with van der Waals surface area (Å²) >= 11 is 3.31. The number of carboxylic acid groups (broad SMARTS) is 1. The second-order valence-electron chi connectivity index (χ2n) is 4.98. The minimum absolute atomic E-state index is 0.389. The zero-order valence-corrected chi connectivity index (χ0v) is 13.5. The number of benzene rings is 1. The maximum Gasteiger partial charge on any atom is 0.329 e. The number of hydrogen-bond donors (Lipinski definition) is 1. The summed E-state index contributed by atoms with van der Waals surface area (Å²) in [5, 5.41) is 9.12. The Morgan fingerprint density at radius 2 is 1.80 bits per heavy atom. The number of hydrogen-bond acceptors (Lipinski definition) is 3. The number of amides is 1. The van der Waals surface area contributed by atoms with Crippen molar-refractivity contribution in [1.82, 2.24) is 4.90 Å². The van der Waals surface area contributed by atoms with E-state index >= 15 is 0 Å². The molecular weight excluding hydrogens is 326 g/mol. The van der Waals surface area contributed by atoms with Gasteiger partial charge in [-0.2, -0.15) is 0 Å². The first-order valence-corrected chi connectivity index (χ1v) is 6.89. The smallest absolute Gasteiger partial charge is 0.329 e. The number of likely N-dealkylation sites (N-methyl/N-ethyl adjacent to an activating group) is 1. The molecule has 0 aromatic heterocycles. The van der Waals surface area contributed by atoms with E-state index < -0.39 is 17.6 Å². The molecule has 0 aliphatic carbocycles. The van der Waals surface area contributed by atoms with Crippen LogP contribution in [0.15, 0.2) is 28.7 Å². The van der Waals surface area contributed by atoms with Crippen LogP contribution in [0.25, 0.3) is 0 Å². The van der Waals surface area contributed by atoms with Crippen LogP contribution in [0.4, 0.5) is 0 Å². The second-order valence-corrected chi connectivity index (χ2v) is 5.89. The highest BCUT2D eigenvalue weighted by molar-refractivity contribution is 9.10. The van der Waals surface area contributed by atoms with Crippen molar-refractivity contribution in [1.29, 1.82) is 0 Å². The Kier molecular flexibility index (Phi) is 5.16. The van der Waals surface area contributed by atoms with E-state index in [-0.39, 0.29) is 5.91 Å². The lowest BCUT2D eigenvalue weighted by atomic mass is 10.0. The second kappa shape index (κ2) is 6.26. The third-order valence-corrected chi connectivity index (χ3v) is 3.70. The van der Waals surface area contributed by atoms with E-state index in [0.29, 0.717) is 5.75 Å². The van der Waals surface area contributed by atoms with E-state index in [1.54, 1.807) is 31.2 Å². The molecule has 1 unspecified atom stereocenters. The summed E-state index contributed by atoms with van der Waals surface area (Å²) in [5.74, 6) is -0.903. The predicted molar refractivity (Wildman–Crippen MR) is 78.7 cm³/mol. The van der Waals surface area contributed by atoms with Crippen molar-refractivity contribution in [2.45, 2.75) is 32.4 Å². The number of carbonyl (C=O) groups is 2. The number of aliphatic carboxylic acids is 1. The van der Waals surface area contributed by atoms with Crippen LogP contribution in [0.1, 0.15) is 20.8 Å². The summed E-state index contributed by atoms with van der Waals surface area (Å²) in [4.78, 5) is 24.5. The largest absolute Gasteiger partial charge is 0.481 e. The van der Waals surface area contributed by atoms with Crippen LogP contribution >= 0.6 is 15.9 Å². The summed E-state index contributed by atoms with van der Waals surface area (Å²) in [6.07, 6.45) is -0.764. The van der Waals surface area contributed by atoms with E-state index in [1.165, 1.54) is 25.8 Å². The van der Waals surface area contributed by atoms with Crippen molar-refractivity contribution < 1.29 is 19.4 Å². The van der Waals surface area contributed by atoms with E-state index in [2.05, 4.69) is 15.9 Å². The molecule has 0 heterocycles. The number of nitrogens with zero attached hydrogens (tertiary/aromatic N) is 1. The zero-order chi connectivity index (χ0) is 15.5. The monoisotopic (exact) mass is 343 g/mol. The van der Waals surface area contributed by atoms with Crippen LogP contribution in [0.5, 0.6) is 5.75 Å². The van der Waals surface area contributed by atoms with Gasteiger partial charge in [-0.25, -0.2) is 4.79 Å². The van der Waals surface area contributed by atoms with Gasteiger partial charge in [-0.1, -0.05) is 15.9 Å². The Morgan fingerprint density at radius 3 is 2.25 bits per heavy atom. The molecule has 0 bridgehead atoms. The van der Waals surface area contributed by atoms with Crippen molar-refractivity contribution in [2.75, 3.05) is 7.05 Å². The SMILES string of the molecule is CC(Oc1ccc(Br)cc1)C(=O)N(C)C(C)(C)C(=O)O. The Morgan fingerprint density at radius 1 is 1.30 bits per heavy atom. The Balaban J connectivity index is 2.77. The Hall–Kier alpha value is -1.56. The Bertz CT molecular complexity index is 498. The maximum absolute atomic E-state index is 12.2. The molecule has 0 saturated carbocycles. The quantitative estimate of drug-likeness (QED) is 0.891. The van der Waals surface area contributed by atoms with Gasteiger partial charge in [0.05, 0.1) is 0 Å². The van der Waals surface area contributed by atoms with Gasteiger partial charge in [0.25, 0.3) is 5.91 Å². The fourth-order valence-corrected chi connectivity index (χ4v) is 1.72. The number of carboxylic acids is 1. The average molecular weight is 344 g/mol. The van der Waals surface area contributed by atoms with Gasteiger partial charge >= 0.3 is 5.97 Å². The molecule has 5 nitrogen and oxygen atoms in total. The zero-order valence-electron chi connectivity index (χ0n) is 11.9. The van der Waals surface area contributed by atoms with Gasteiger partial charge in [-0.3, -0.25) is 4.79 Å². The van der Waals surface area contributed by atoms with Crippen LogP contribution in [0.3, 0.4) is 0 Å². The molecule has 0 radical (unpaired) electrons. The molecule has 0 aliphatic rings. The number of ether oxygens (including phenoxy) is 1. The molecule has 20 heavy (non-hydrogen) atoms. The van der Waals surface area contributed by atoms with Crippen LogP contribution in [0, 0.1) is 0 Å². The minimum atomic E-state index is -1.28. The van der Waals surface area contributed by atoms with E-state index in [1.807, 2.05) is 0 Å². The fourth-order valence-electron chi connectivity index (χ4n) is 1.46. The van der Waals surface area contributed by atoms with Crippen LogP contribution in [0.2, 0.25) is 0 Å². The molecule has 0 fully saturated rings. The van der Waals surface area contributed by atoms with Crippen LogP contribution in [-0.4, -0.2) is 40.6 Å². The van der Waals surface area contributed by atoms with Crippen LogP contribution in [-0.2, 0) is 9.59 Å². The molecule has 1 aromatic carbocycles.